The summed E-state index contributed by atoms with van der Waals surface area (Å²) in [6, 6.07) is 19.5. The molecule has 3 aromatic carbocycles. The Hall–Kier alpha value is -4.18. The minimum atomic E-state index is -4.15. The third-order valence-electron chi connectivity index (χ3n) is 6.85. The van der Waals surface area contributed by atoms with Crippen molar-refractivity contribution in [1.29, 1.82) is 0 Å². The van der Waals surface area contributed by atoms with Gasteiger partial charge in [-0.25, -0.2) is 12.4 Å². The van der Waals surface area contributed by atoms with E-state index in [1.54, 1.807) is 23.1 Å². The topological polar surface area (TPSA) is 106 Å². The van der Waals surface area contributed by atoms with Gasteiger partial charge in [-0.3, -0.25) is 14.9 Å². The highest BCUT2D eigenvalue weighted by atomic mass is 32.2. The molecule has 3 heterocycles. The number of carbonyl (C=O) groups excluding carboxylic acids is 1. The van der Waals surface area contributed by atoms with Crippen LogP contribution in [0.5, 0.6) is 0 Å². The lowest BCUT2D eigenvalue weighted by Crippen LogP contribution is -2.51. The number of rotatable bonds is 3. The number of nitro benzene ring substituents is 1. The van der Waals surface area contributed by atoms with Crippen LogP contribution in [0, 0.1) is 10.1 Å². The van der Waals surface area contributed by atoms with Crippen molar-refractivity contribution in [3.8, 4) is 0 Å². The molecule has 1 unspecified atom stereocenters. The Balaban J connectivity index is 1.63. The summed E-state index contributed by atoms with van der Waals surface area (Å²) in [7, 11) is -2.29. The Morgan fingerprint density at radius 1 is 0.971 bits per heavy atom. The van der Waals surface area contributed by atoms with Crippen LogP contribution in [-0.2, 0) is 16.4 Å². The Bertz CT molecular complexity index is 1640. The van der Waals surface area contributed by atoms with Crippen molar-refractivity contribution in [3.63, 3.8) is 0 Å². The maximum atomic E-state index is 14.0. The highest BCUT2D eigenvalue weighted by molar-refractivity contribution is 7.90. The highest BCUT2D eigenvalue weighted by Crippen LogP contribution is 2.45. The zero-order chi connectivity index (χ0) is 24.5. The van der Waals surface area contributed by atoms with Crippen molar-refractivity contribution in [1.82, 2.24) is 8.87 Å². The molecule has 176 valence electrons. The molecule has 0 saturated carbocycles. The molecule has 9 nitrogen and oxygen atoms in total. The average Bonchev–Trinajstić information content (AvgIpc) is 3.22. The van der Waals surface area contributed by atoms with E-state index in [1.165, 1.54) is 28.2 Å². The molecule has 0 radical (unpaired) electrons. The van der Waals surface area contributed by atoms with Gasteiger partial charge in [0, 0.05) is 31.1 Å². The Morgan fingerprint density at radius 2 is 1.66 bits per heavy atom. The normalized spacial score (nSPS) is 17.2. The van der Waals surface area contributed by atoms with Crippen LogP contribution in [0.2, 0.25) is 0 Å². The van der Waals surface area contributed by atoms with Crippen LogP contribution >= 0.6 is 0 Å². The second-order valence-corrected chi connectivity index (χ2v) is 10.4. The molecule has 0 aliphatic carbocycles. The first-order chi connectivity index (χ1) is 16.8. The lowest BCUT2D eigenvalue weighted by Gasteiger charge is -2.46. The van der Waals surface area contributed by atoms with Gasteiger partial charge in [0.2, 0.25) is 0 Å². The fourth-order valence-electron chi connectivity index (χ4n) is 5.28. The van der Waals surface area contributed by atoms with Crippen molar-refractivity contribution < 1.29 is 18.1 Å². The second kappa shape index (κ2) is 7.41. The SMILES string of the molecule is CN1c2ccccc2C(=O)N2CCc3c(n(S(=O)(=O)c4ccc([N+](=O)[O-])cc4)c4ccccc34)C21. The monoisotopic (exact) mass is 488 g/mol. The molecular formula is C25H20N4O5S. The molecule has 1 amide bonds. The van der Waals surface area contributed by atoms with Crippen molar-refractivity contribution >= 4 is 38.2 Å². The molecule has 0 fully saturated rings. The minimum absolute atomic E-state index is 0.0611. The zero-order valence-electron chi connectivity index (χ0n) is 18.7. The van der Waals surface area contributed by atoms with Gasteiger partial charge in [0.05, 0.1) is 32.3 Å². The third-order valence-corrected chi connectivity index (χ3v) is 8.59. The maximum absolute atomic E-state index is 14.0. The summed E-state index contributed by atoms with van der Waals surface area (Å²) in [5, 5.41) is 11.9. The average molecular weight is 489 g/mol. The largest absolute Gasteiger partial charge is 0.349 e. The molecule has 35 heavy (non-hydrogen) atoms. The van der Waals surface area contributed by atoms with E-state index in [4.69, 9.17) is 0 Å². The summed E-state index contributed by atoms with van der Waals surface area (Å²) in [5.74, 6) is -0.140. The standard InChI is InChI=1S/C25H20N4O5S/c1-26-21-8-4-3-7-20(21)25(30)27-15-14-19-18-6-2-5-9-22(18)28(23(19)24(26)27)35(33,34)17-12-10-16(11-13-17)29(31)32/h2-13,24H,14-15H2,1H3. The maximum Gasteiger partial charge on any atom is 0.269 e. The van der Waals surface area contributed by atoms with Crippen LogP contribution in [0.1, 0.15) is 27.8 Å². The summed E-state index contributed by atoms with van der Waals surface area (Å²) < 4.78 is 29.4. The number of hydrogen-bond acceptors (Lipinski definition) is 6. The fourth-order valence-corrected chi connectivity index (χ4v) is 6.85. The number of hydrogen-bond donors (Lipinski definition) is 0. The summed E-state index contributed by atoms with van der Waals surface area (Å²) in [5.41, 5.74) is 3.03. The van der Waals surface area contributed by atoms with Crippen molar-refractivity contribution in [3.05, 3.63) is 99.7 Å². The van der Waals surface area contributed by atoms with Crippen molar-refractivity contribution in [2.45, 2.75) is 17.5 Å². The third kappa shape index (κ3) is 2.93. The van der Waals surface area contributed by atoms with E-state index in [0.29, 0.717) is 29.7 Å². The number of para-hydroxylation sites is 2. The van der Waals surface area contributed by atoms with E-state index < -0.39 is 21.1 Å². The number of amides is 1. The number of anilines is 1. The number of nitro groups is 1. The van der Waals surface area contributed by atoms with Gasteiger partial charge >= 0.3 is 0 Å². The fraction of sp³-hybridized carbons (Fsp3) is 0.160. The zero-order valence-corrected chi connectivity index (χ0v) is 19.5. The van der Waals surface area contributed by atoms with Gasteiger partial charge in [0.25, 0.3) is 21.6 Å². The van der Waals surface area contributed by atoms with Gasteiger partial charge in [-0.15, -0.1) is 0 Å². The number of non-ortho nitro benzene ring substituents is 1. The molecule has 0 saturated heterocycles. The summed E-state index contributed by atoms with van der Waals surface area (Å²) in [6.45, 7) is 0.459. The van der Waals surface area contributed by atoms with Gasteiger partial charge in [-0.2, -0.15) is 0 Å². The lowest BCUT2D eigenvalue weighted by molar-refractivity contribution is -0.384. The summed E-state index contributed by atoms with van der Waals surface area (Å²) in [6.07, 6.45) is -0.113. The van der Waals surface area contributed by atoms with E-state index in [-0.39, 0.29) is 16.5 Å². The molecule has 1 aromatic heterocycles. The highest BCUT2D eigenvalue weighted by Gasteiger charge is 2.44. The van der Waals surface area contributed by atoms with Crippen LogP contribution in [-0.4, -0.2) is 41.7 Å². The number of nitrogens with zero attached hydrogens (tertiary/aromatic N) is 4. The van der Waals surface area contributed by atoms with Gasteiger partial charge in [-0.05, 0) is 42.3 Å². The molecule has 0 N–H and O–H groups in total. The molecule has 2 aliphatic rings. The predicted molar refractivity (Wildman–Crippen MR) is 130 cm³/mol. The van der Waals surface area contributed by atoms with Gasteiger partial charge < -0.3 is 9.80 Å². The van der Waals surface area contributed by atoms with Gasteiger partial charge in [0.15, 0.2) is 0 Å². The van der Waals surface area contributed by atoms with Gasteiger partial charge in [0.1, 0.15) is 6.17 Å². The number of aromatic nitrogens is 1. The van der Waals surface area contributed by atoms with E-state index in [1.807, 2.05) is 42.3 Å². The molecule has 6 rings (SSSR count). The number of fused-ring (bicyclic) bond motifs is 6. The van der Waals surface area contributed by atoms with E-state index in [9.17, 15) is 23.3 Å². The van der Waals surface area contributed by atoms with E-state index in [0.717, 1.165) is 16.6 Å². The number of benzene rings is 3. The molecule has 4 aromatic rings. The molecule has 1 atom stereocenters. The van der Waals surface area contributed by atoms with Crippen LogP contribution in [0.25, 0.3) is 10.9 Å². The van der Waals surface area contributed by atoms with Crippen molar-refractivity contribution in [2.75, 3.05) is 18.5 Å². The molecule has 0 bridgehead atoms. The number of carbonyl (C=O) groups is 1. The molecule has 2 aliphatic heterocycles. The first kappa shape index (κ1) is 21.4. The molecule has 0 spiro atoms. The van der Waals surface area contributed by atoms with Crippen LogP contribution < -0.4 is 4.90 Å². The summed E-state index contributed by atoms with van der Waals surface area (Å²) in [4.78, 5) is 27.5. The Labute approximate surface area is 201 Å². The first-order valence-corrected chi connectivity index (χ1v) is 12.5. The van der Waals surface area contributed by atoms with Crippen LogP contribution in [0.4, 0.5) is 11.4 Å². The minimum Gasteiger partial charge on any atom is -0.349 e. The smallest absolute Gasteiger partial charge is 0.269 e. The Kier molecular flexibility index (Phi) is 4.52. The molecule has 10 heteroatoms. The van der Waals surface area contributed by atoms with E-state index in [2.05, 4.69) is 0 Å². The molecular weight excluding hydrogens is 468 g/mol. The second-order valence-electron chi connectivity index (χ2n) is 8.65. The predicted octanol–water partition coefficient (Wildman–Crippen LogP) is 3.93. The quantitative estimate of drug-likeness (QED) is 0.320. The Morgan fingerprint density at radius 3 is 2.40 bits per heavy atom. The van der Waals surface area contributed by atoms with Crippen molar-refractivity contribution in [2.24, 2.45) is 0 Å². The van der Waals surface area contributed by atoms with Crippen LogP contribution in [0.3, 0.4) is 0 Å². The van der Waals surface area contributed by atoms with Crippen LogP contribution in [0.15, 0.2) is 77.7 Å². The van der Waals surface area contributed by atoms with E-state index >= 15 is 0 Å². The first-order valence-electron chi connectivity index (χ1n) is 11.1. The van der Waals surface area contributed by atoms with Gasteiger partial charge in [-0.1, -0.05) is 30.3 Å². The lowest BCUT2D eigenvalue weighted by atomic mass is 9.96. The summed E-state index contributed by atoms with van der Waals surface area (Å²) >= 11 is 0.